The zero-order chi connectivity index (χ0) is 18.5. The molecule has 138 valence electrons. The second-order valence-electron chi connectivity index (χ2n) is 6.42. The number of aliphatic imine (C=N–C) groups is 1. The molecule has 3 aromatic rings. The fourth-order valence-corrected chi connectivity index (χ4v) is 4.04. The Labute approximate surface area is 159 Å². The highest BCUT2D eigenvalue weighted by Crippen LogP contribution is 2.22. The van der Waals surface area contributed by atoms with Gasteiger partial charge in [0.05, 0.1) is 17.2 Å². The predicted molar refractivity (Wildman–Crippen MR) is 111 cm³/mol. The van der Waals surface area contributed by atoms with Gasteiger partial charge in [0.25, 0.3) is 0 Å². The van der Waals surface area contributed by atoms with Gasteiger partial charge in [-0.2, -0.15) is 0 Å². The molecular formula is C20H27N5S. The number of nitrogens with one attached hydrogen (secondary N) is 3. The van der Waals surface area contributed by atoms with Crippen LogP contribution in [0.5, 0.6) is 0 Å². The van der Waals surface area contributed by atoms with Crippen molar-refractivity contribution in [1.82, 2.24) is 20.6 Å². The van der Waals surface area contributed by atoms with E-state index in [1.165, 1.54) is 26.9 Å². The van der Waals surface area contributed by atoms with Crippen LogP contribution in [0.3, 0.4) is 0 Å². The molecule has 0 fully saturated rings. The normalized spacial score (nSPS) is 11.9. The van der Waals surface area contributed by atoms with E-state index in [0.717, 1.165) is 36.2 Å². The second-order valence-corrected chi connectivity index (χ2v) is 7.71. The zero-order valence-corrected chi connectivity index (χ0v) is 16.8. The topological polar surface area (TPSA) is 65.1 Å². The van der Waals surface area contributed by atoms with Crippen molar-refractivity contribution in [2.75, 3.05) is 13.1 Å². The molecule has 3 rings (SSSR count). The maximum Gasteiger partial charge on any atom is 0.191 e. The van der Waals surface area contributed by atoms with Crippen molar-refractivity contribution in [3.63, 3.8) is 0 Å². The van der Waals surface area contributed by atoms with Crippen LogP contribution in [0.15, 0.2) is 29.4 Å². The zero-order valence-electron chi connectivity index (χ0n) is 15.9. The minimum Gasteiger partial charge on any atom is -0.361 e. The van der Waals surface area contributed by atoms with E-state index in [2.05, 4.69) is 58.8 Å². The lowest BCUT2D eigenvalue weighted by molar-refractivity contribution is 0.802. The Bertz CT molecular complexity index is 906. The summed E-state index contributed by atoms with van der Waals surface area (Å²) in [4.78, 5) is 13.8. The molecule has 0 atom stereocenters. The van der Waals surface area contributed by atoms with E-state index in [0.29, 0.717) is 6.54 Å². The fourth-order valence-electron chi connectivity index (χ4n) is 3.18. The highest BCUT2D eigenvalue weighted by atomic mass is 32.1. The van der Waals surface area contributed by atoms with Crippen molar-refractivity contribution in [2.45, 2.75) is 40.7 Å². The lowest BCUT2D eigenvalue weighted by Crippen LogP contribution is -2.38. The van der Waals surface area contributed by atoms with Gasteiger partial charge in [0.15, 0.2) is 5.96 Å². The number of aryl methyl sites for hydroxylation is 3. The minimum atomic E-state index is 0.666. The second kappa shape index (κ2) is 8.36. The van der Waals surface area contributed by atoms with Crippen molar-refractivity contribution >= 4 is 28.2 Å². The summed E-state index contributed by atoms with van der Waals surface area (Å²) in [6, 6.07) is 6.39. The van der Waals surface area contributed by atoms with Crippen LogP contribution in [-0.2, 0) is 13.0 Å². The molecular weight excluding hydrogens is 342 g/mol. The molecule has 0 spiro atoms. The summed E-state index contributed by atoms with van der Waals surface area (Å²) >= 11 is 1.72. The SMILES string of the molecule is CCNC(=NCc1sc(C)nc1C)NCCc1c[nH]c2cccc(C)c12. The number of hydrogen-bond donors (Lipinski definition) is 3. The van der Waals surface area contributed by atoms with E-state index in [-0.39, 0.29) is 0 Å². The molecule has 0 radical (unpaired) electrons. The number of aromatic nitrogens is 2. The van der Waals surface area contributed by atoms with Gasteiger partial charge in [0.1, 0.15) is 0 Å². The van der Waals surface area contributed by atoms with Crippen LogP contribution in [-0.4, -0.2) is 29.0 Å². The first-order valence-corrected chi connectivity index (χ1v) is 9.90. The first kappa shape index (κ1) is 18.5. The van der Waals surface area contributed by atoms with Crippen LogP contribution < -0.4 is 10.6 Å². The Morgan fingerprint density at radius 1 is 1.23 bits per heavy atom. The van der Waals surface area contributed by atoms with Crippen LogP contribution in [0.1, 0.15) is 33.6 Å². The quantitative estimate of drug-likeness (QED) is 0.457. The van der Waals surface area contributed by atoms with Crippen LogP contribution >= 0.6 is 11.3 Å². The predicted octanol–water partition coefficient (Wildman–Crippen LogP) is 3.85. The third-order valence-electron chi connectivity index (χ3n) is 4.41. The van der Waals surface area contributed by atoms with E-state index in [4.69, 9.17) is 4.99 Å². The molecule has 26 heavy (non-hydrogen) atoms. The number of H-pyrrole nitrogens is 1. The van der Waals surface area contributed by atoms with Gasteiger partial charge in [-0.15, -0.1) is 11.3 Å². The number of thiazole rings is 1. The number of aromatic amines is 1. The van der Waals surface area contributed by atoms with Crippen molar-refractivity contribution in [3.8, 4) is 0 Å². The molecule has 0 aliphatic carbocycles. The summed E-state index contributed by atoms with van der Waals surface area (Å²) < 4.78 is 0. The molecule has 0 saturated carbocycles. The van der Waals surface area contributed by atoms with Crippen LogP contribution in [0.25, 0.3) is 10.9 Å². The first-order valence-electron chi connectivity index (χ1n) is 9.09. The largest absolute Gasteiger partial charge is 0.361 e. The fraction of sp³-hybridized carbons (Fsp3) is 0.400. The summed E-state index contributed by atoms with van der Waals surface area (Å²) in [7, 11) is 0. The van der Waals surface area contributed by atoms with Gasteiger partial charge in [0, 0.05) is 35.1 Å². The third-order valence-corrected chi connectivity index (χ3v) is 5.46. The molecule has 5 nitrogen and oxygen atoms in total. The van der Waals surface area contributed by atoms with Crippen LogP contribution in [0, 0.1) is 20.8 Å². The Balaban J connectivity index is 1.63. The lowest BCUT2D eigenvalue weighted by atomic mass is 10.1. The van der Waals surface area contributed by atoms with E-state index < -0.39 is 0 Å². The molecule has 0 unspecified atom stereocenters. The molecule has 0 aliphatic heterocycles. The molecule has 2 aromatic heterocycles. The summed E-state index contributed by atoms with van der Waals surface area (Å²) in [5.41, 5.74) is 4.95. The van der Waals surface area contributed by atoms with E-state index in [1.807, 2.05) is 13.8 Å². The molecule has 3 N–H and O–H groups in total. The Morgan fingerprint density at radius 2 is 2.08 bits per heavy atom. The molecule has 0 amide bonds. The van der Waals surface area contributed by atoms with Crippen molar-refractivity contribution in [1.29, 1.82) is 0 Å². The summed E-state index contributed by atoms with van der Waals surface area (Å²) in [6.07, 6.45) is 3.07. The van der Waals surface area contributed by atoms with Crippen molar-refractivity contribution < 1.29 is 0 Å². The van der Waals surface area contributed by atoms with Gasteiger partial charge >= 0.3 is 0 Å². The van der Waals surface area contributed by atoms with Gasteiger partial charge in [-0.3, -0.25) is 0 Å². The summed E-state index contributed by atoms with van der Waals surface area (Å²) in [5, 5.41) is 9.21. The number of benzene rings is 1. The third kappa shape index (κ3) is 4.25. The van der Waals surface area contributed by atoms with E-state index in [9.17, 15) is 0 Å². The van der Waals surface area contributed by atoms with Gasteiger partial charge in [-0.1, -0.05) is 12.1 Å². The highest BCUT2D eigenvalue weighted by Gasteiger charge is 2.07. The van der Waals surface area contributed by atoms with E-state index >= 15 is 0 Å². The molecule has 6 heteroatoms. The Hall–Kier alpha value is -2.34. The summed E-state index contributed by atoms with van der Waals surface area (Å²) in [6.45, 7) is 10.7. The first-order chi connectivity index (χ1) is 12.6. The van der Waals surface area contributed by atoms with Crippen molar-refractivity contribution in [3.05, 3.63) is 51.1 Å². The monoisotopic (exact) mass is 369 g/mol. The van der Waals surface area contributed by atoms with Crippen molar-refractivity contribution in [2.24, 2.45) is 4.99 Å². The minimum absolute atomic E-state index is 0.666. The smallest absolute Gasteiger partial charge is 0.191 e. The summed E-state index contributed by atoms with van der Waals surface area (Å²) in [5.74, 6) is 0.856. The molecule has 0 aliphatic rings. The number of hydrogen-bond acceptors (Lipinski definition) is 3. The number of fused-ring (bicyclic) bond motifs is 1. The lowest BCUT2D eigenvalue weighted by Gasteiger charge is -2.11. The van der Waals surface area contributed by atoms with Gasteiger partial charge in [-0.05, 0) is 51.3 Å². The standard InChI is InChI=1S/C20H27N5S/c1-5-21-20(24-12-18-14(3)25-15(4)26-18)22-10-9-16-11-23-17-8-6-7-13(2)19(16)17/h6-8,11,23H,5,9-10,12H2,1-4H3,(H2,21,22,24). The maximum atomic E-state index is 4.71. The Kier molecular flexibility index (Phi) is 5.93. The average molecular weight is 370 g/mol. The van der Waals surface area contributed by atoms with Gasteiger partial charge in [0.2, 0.25) is 0 Å². The average Bonchev–Trinajstić information content (AvgIpc) is 3.16. The molecule has 2 heterocycles. The number of guanidine groups is 1. The molecule has 1 aromatic carbocycles. The van der Waals surface area contributed by atoms with E-state index in [1.54, 1.807) is 11.3 Å². The van der Waals surface area contributed by atoms with Gasteiger partial charge < -0.3 is 15.6 Å². The Morgan fingerprint density at radius 3 is 2.81 bits per heavy atom. The number of rotatable bonds is 6. The van der Waals surface area contributed by atoms with Crippen LogP contribution in [0.2, 0.25) is 0 Å². The highest BCUT2D eigenvalue weighted by molar-refractivity contribution is 7.11. The molecule has 0 saturated heterocycles. The van der Waals surface area contributed by atoms with Crippen LogP contribution in [0.4, 0.5) is 0 Å². The molecule has 0 bridgehead atoms. The number of nitrogens with zero attached hydrogens (tertiary/aromatic N) is 2. The maximum absolute atomic E-state index is 4.71. The van der Waals surface area contributed by atoms with Gasteiger partial charge in [-0.25, -0.2) is 9.98 Å².